The number of nitrogens with two attached hydrogens (primary N) is 2. The fourth-order valence-electron chi connectivity index (χ4n) is 8.14. The minimum Gasteiger partial charge on any atom is -0.507 e. The average Bonchev–Trinajstić information content (AvgIpc) is 3.33. The van der Waals surface area contributed by atoms with Crippen molar-refractivity contribution in [1.82, 2.24) is 5.32 Å². The molecule has 2 aliphatic carbocycles. The Morgan fingerprint density at radius 3 is 1.32 bits per heavy atom. The molecule has 6 aromatic rings. The van der Waals surface area contributed by atoms with Crippen molar-refractivity contribution in [2.75, 3.05) is 60.5 Å². The van der Waals surface area contributed by atoms with E-state index < -0.39 is 35.1 Å². The van der Waals surface area contributed by atoms with Gasteiger partial charge in [-0.25, -0.2) is 9.59 Å². The standard InChI is InChI=1S/C28H18N2O6.C23H31N5O4/c31-25-18-10-6-14-22(30-20-12-4-2-8-16(20)28(35)36)24(18)26(32)17-9-5-13-21(23(17)25)29-19-11-3-1-7-15(19)27(33)34;24-8-2-1-3-10-27-14-4-5-15(28-13-12-26-11-9-25)19-18(14)22(31)20-16(29)6-7-17(30)21(20)23(19)32/h1-14,29-30H,(H,33,34)(H,35,36);4-7,26-30H,1-3,8-13,24-25H2. The van der Waals surface area contributed by atoms with Gasteiger partial charge >= 0.3 is 11.9 Å². The van der Waals surface area contributed by atoms with Crippen molar-refractivity contribution in [3.63, 3.8) is 0 Å². The monoisotopic (exact) mass is 919 g/mol. The first-order valence-corrected chi connectivity index (χ1v) is 21.8. The Hall–Kier alpha value is -8.38. The number of ketones is 4. The van der Waals surface area contributed by atoms with Gasteiger partial charge in [0.1, 0.15) is 11.5 Å². The van der Waals surface area contributed by atoms with E-state index in [0.717, 1.165) is 19.3 Å². The van der Waals surface area contributed by atoms with E-state index in [0.29, 0.717) is 62.0 Å². The predicted octanol–water partition coefficient (Wildman–Crippen LogP) is 6.72. The molecule has 0 heterocycles. The number of carboxylic acid groups (broad SMARTS) is 2. The van der Waals surface area contributed by atoms with Gasteiger partial charge in [-0.1, -0.05) is 55.0 Å². The molecule has 68 heavy (non-hydrogen) atoms. The molecular formula is C51H49N7O10. The van der Waals surface area contributed by atoms with Crippen LogP contribution in [0, 0.1) is 0 Å². The van der Waals surface area contributed by atoms with E-state index in [1.807, 2.05) is 0 Å². The van der Waals surface area contributed by atoms with Gasteiger partial charge in [-0.2, -0.15) is 0 Å². The number of phenols is 2. The highest BCUT2D eigenvalue weighted by atomic mass is 16.4. The highest BCUT2D eigenvalue weighted by Crippen LogP contribution is 2.43. The summed E-state index contributed by atoms with van der Waals surface area (Å²) in [5, 5.41) is 55.2. The maximum absolute atomic E-state index is 13.6. The largest absolute Gasteiger partial charge is 0.507 e. The number of rotatable bonds is 18. The number of unbranched alkanes of at least 4 members (excludes halogenated alkanes) is 2. The number of hydrogen-bond acceptors (Lipinski definition) is 15. The summed E-state index contributed by atoms with van der Waals surface area (Å²) in [7, 11) is 0. The van der Waals surface area contributed by atoms with Gasteiger partial charge < -0.3 is 58.5 Å². The van der Waals surface area contributed by atoms with Crippen LogP contribution in [0.5, 0.6) is 11.5 Å². The predicted molar refractivity (Wildman–Crippen MR) is 258 cm³/mol. The molecule has 0 radical (unpaired) electrons. The summed E-state index contributed by atoms with van der Waals surface area (Å²) in [5.41, 5.74) is 13.9. The number of carboxylic acids is 2. The molecule has 0 atom stereocenters. The van der Waals surface area contributed by atoms with Gasteiger partial charge in [0.15, 0.2) is 11.6 Å². The van der Waals surface area contributed by atoms with Crippen LogP contribution in [0.3, 0.4) is 0 Å². The van der Waals surface area contributed by atoms with Crippen molar-refractivity contribution in [3.8, 4) is 11.5 Å². The van der Waals surface area contributed by atoms with E-state index in [1.54, 1.807) is 72.8 Å². The van der Waals surface area contributed by atoms with Crippen LogP contribution in [0.1, 0.15) is 104 Å². The topological polar surface area (TPSA) is 296 Å². The second-order valence-electron chi connectivity index (χ2n) is 15.7. The quantitative estimate of drug-likeness (QED) is 0.0314. The van der Waals surface area contributed by atoms with E-state index in [1.165, 1.54) is 36.4 Å². The third-order valence-corrected chi connectivity index (χ3v) is 11.3. The molecule has 2 aliphatic rings. The first kappa shape index (κ1) is 47.6. The van der Waals surface area contributed by atoms with Gasteiger partial charge in [0.05, 0.1) is 67.3 Å². The third-order valence-electron chi connectivity index (χ3n) is 11.3. The molecule has 348 valence electrons. The molecule has 0 bridgehead atoms. The van der Waals surface area contributed by atoms with Gasteiger partial charge in [-0.3, -0.25) is 19.2 Å². The molecule has 13 N–H and O–H groups in total. The Morgan fingerprint density at radius 2 is 0.868 bits per heavy atom. The SMILES string of the molecule is NCCCCCNc1ccc(NCCNCCN)c2c1C(=O)c1c(O)ccc(O)c1C2=O.O=C(O)c1ccccc1Nc1cccc2c1C(=O)c1cccc(Nc3ccccc3C(=O)O)c1C2=O. The van der Waals surface area contributed by atoms with Gasteiger partial charge in [0.25, 0.3) is 0 Å². The number of carbonyl (C=O) groups is 6. The molecular weight excluding hydrogens is 871 g/mol. The number of aromatic hydroxyl groups is 2. The van der Waals surface area contributed by atoms with Crippen LogP contribution in [0.25, 0.3) is 0 Å². The van der Waals surface area contributed by atoms with Crippen LogP contribution in [-0.2, 0) is 0 Å². The van der Waals surface area contributed by atoms with Crippen LogP contribution in [0.4, 0.5) is 34.1 Å². The van der Waals surface area contributed by atoms with Crippen LogP contribution < -0.4 is 38.1 Å². The Bertz CT molecular complexity index is 2770. The zero-order valence-corrected chi connectivity index (χ0v) is 36.6. The highest BCUT2D eigenvalue weighted by molar-refractivity contribution is 6.34. The maximum Gasteiger partial charge on any atom is 0.337 e. The number of aromatic carboxylic acids is 2. The van der Waals surface area contributed by atoms with Gasteiger partial charge in [0, 0.05) is 55.2 Å². The summed E-state index contributed by atoms with van der Waals surface area (Å²) in [6.45, 7) is 3.57. The normalized spacial score (nSPS) is 12.1. The van der Waals surface area contributed by atoms with Crippen molar-refractivity contribution >= 4 is 69.2 Å². The van der Waals surface area contributed by atoms with Crippen LogP contribution in [0.2, 0.25) is 0 Å². The molecule has 8 rings (SSSR count). The van der Waals surface area contributed by atoms with E-state index >= 15 is 0 Å². The smallest absolute Gasteiger partial charge is 0.337 e. The number of nitrogens with one attached hydrogen (secondary N) is 5. The fourth-order valence-corrected chi connectivity index (χ4v) is 8.14. The molecule has 0 spiro atoms. The van der Waals surface area contributed by atoms with Crippen molar-refractivity contribution in [2.24, 2.45) is 11.5 Å². The van der Waals surface area contributed by atoms with E-state index in [4.69, 9.17) is 11.5 Å². The fraction of sp³-hybridized carbons (Fsp3) is 0.176. The van der Waals surface area contributed by atoms with Crippen LogP contribution in [-0.4, -0.2) is 94.8 Å². The van der Waals surface area contributed by atoms with Crippen molar-refractivity contribution < 1.29 is 49.2 Å². The van der Waals surface area contributed by atoms with E-state index in [9.17, 15) is 49.2 Å². The zero-order valence-electron chi connectivity index (χ0n) is 36.6. The molecule has 17 nitrogen and oxygen atoms in total. The second-order valence-corrected chi connectivity index (χ2v) is 15.7. The zero-order chi connectivity index (χ0) is 48.5. The minimum absolute atomic E-state index is 0.0219. The lowest BCUT2D eigenvalue weighted by Crippen LogP contribution is -2.29. The molecule has 0 fully saturated rings. The second kappa shape index (κ2) is 21.3. The Kier molecular flexibility index (Phi) is 14.9. The van der Waals surface area contributed by atoms with E-state index in [-0.39, 0.29) is 78.5 Å². The Morgan fingerprint density at radius 1 is 0.412 bits per heavy atom. The number of fused-ring (bicyclic) bond motifs is 4. The van der Waals surface area contributed by atoms with E-state index in [2.05, 4.69) is 26.6 Å². The average molecular weight is 920 g/mol. The number of carbonyl (C=O) groups excluding carboxylic acids is 4. The molecule has 0 saturated carbocycles. The lowest BCUT2D eigenvalue weighted by molar-refractivity contribution is 0.0687. The summed E-state index contributed by atoms with van der Waals surface area (Å²) in [4.78, 5) is 77.4. The molecule has 0 unspecified atom stereocenters. The molecule has 0 aliphatic heterocycles. The number of phenolic OH excluding ortho intramolecular Hbond substituents is 2. The Balaban J connectivity index is 0.000000203. The van der Waals surface area contributed by atoms with Crippen molar-refractivity contribution in [3.05, 3.63) is 165 Å². The van der Waals surface area contributed by atoms with Crippen molar-refractivity contribution in [2.45, 2.75) is 19.3 Å². The summed E-state index contributed by atoms with van der Waals surface area (Å²) < 4.78 is 0. The van der Waals surface area contributed by atoms with Crippen LogP contribution in [0.15, 0.2) is 109 Å². The van der Waals surface area contributed by atoms with Crippen molar-refractivity contribution in [1.29, 1.82) is 0 Å². The molecule has 0 saturated heterocycles. The van der Waals surface area contributed by atoms with Gasteiger partial charge in [-0.05, 0) is 80.1 Å². The molecule has 17 heteroatoms. The maximum atomic E-state index is 13.6. The lowest BCUT2D eigenvalue weighted by Gasteiger charge is -2.25. The number of para-hydroxylation sites is 2. The highest BCUT2D eigenvalue weighted by Gasteiger charge is 2.38. The molecule has 0 aromatic heterocycles. The number of benzene rings is 6. The summed E-state index contributed by atoms with van der Waals surface area (Å²) in [6, 6.07) is 28.0. The third kappa shape index (κ3) is 9.75. The first-order chi connectivity index (χ1) is 32.9. The Labute approximate surface area is 390 Å². The van der Waals surface area contributed by atoms with Gasteiger partial charge in [-0.15, -0.1) is 0 Å². The minimum atomic E-state index is -1.13. The summed E-state index contributed by atoms with van der Waals surface area (Å²) in [5.74, 6) is -4.76. The number of anilines is 6. The summed E-state index contributed by atoms with van der Waals surface area (Å²) >= 11 is 0. The number of hydrogen-bond donors (Lipinski definition) is 11. The first-order valence-electron chi connectivity index (χ1n) is 21.8. The van der Waals surface area contributed by atoms with Gasteiger partial charge in [0.2, 0.25) is 11.6 Å². The molecule has 6 aromatic carbocycles. The van der Waals surface area contributed by atoms with Crippen LogP contribution >= 0.6 is 0 Å². The summed E-state index contributed by atoms with van der Waals surface area (Å²) in [6.07, 6.45) is 2.73. The molecule has 0 amide bonds. The lowest BCUT2D eigenvalue weighted by atomic mass is 9.81.